The molecular formula is C29H26N4O3S2. The van der Waals surface area contributed by atoms with Crippen molar-refractivity contribution in [3.05, 3.63) is 113 Å². The molecule has 0 radical (unpaired) electrons. The van der Waals surface area contributed by atoms with E-state index in [0.717, 1.165) is 32.5 Å². The highest BCUT2D eigenvalue weighted by Gasteiger charge is 2.26. The number of hydrogen-bond acceptors (Lipinski definition) is 6. The van der Waals surface area contributed by atoms with Crippen LogP contribution in [0.25, 0.3) is 10.2 Å². The minimum atomic E-state index is -3.91. The van der Waals surface area contributed by atoms with Crippen LogP contribution >= 0.6 is 11.3 Å². The van der Waals surface area contributed by atoms with Crippen molar-refractivity contribution in [2.45, 2.75) is 32.2 Å². The number of nitrogens with one attached hydrogen (secondary N) is 1. The summed E-state index contributed by atoms with van der Waals surface area (Å²) in [5, 5.41) is 0.523. The Morgan fingerprint density at radius 2 is 1.68 bits per heavy atom. The molecule has 7 nitrogen and oxygen atoms in total. The number of hydrogen-bond donors (Lipinski definition) is 1. The van der Waals surface area contributed by atoms with Gasteiger partial charge in [0.2, 0.25) is 0 Å². The lowest BCUT2D eigenvalue weighted by molar-refractivity contribution is 0.0986. The molecule has 0 unspecified atom stereocenters. The number of nitrogens with zero attached hydrogens (tertiary/aromatic N) is 3. The molecule has 1 N–H and O–H groups in total. The number of aryl methyl sites for hydroxylation is 3. The number of carbonyl (C=O) groups is 1. The van der Waals surface area contributed by atoms with Crippen LogP contribution in [0.3, 0.4) is 0 Å². The minimum Gasteiger partial charge on any atom is -0.279 e. The lowest BCUT2D eigenvalue weighted by Crippen LogP contribution is -2.31. The van der Waals surface area contributed by atoms with Gasteiger partial charge in [-0.3, -0.25) is 19.4 Å². The maximum absolute atomic E-state index is 14.1. The number of rotatable bonds is 7. The Morgan fingerprint density at radius 3 is 2.42 bits per heavy atom. The van der Waals surface area contributed by atoms with E-state index in [9.17, 15) is 13.2 Å². The molecule has 0 bridgehead atoms. The predicted octanol–water partition coefficient (Wildman–Crippen LogP) is 6.26. The van der Waals surface area contributed by atoms with Crippen LogP contribution in [0.5, 0.6) is 0 Å². The standard InChI is InChI=1S/C29H26N4O3S2/c1-19-10-12-23(13-11-19)38(35,36)32-25-9-5-4-8-24(25)28(34)33(18-22-7-6-14-30-17-22)29-31-26-15-20(2)21(3)16-27(26)37-29/h4-17,32H,18H2,1-3H3. The predicted molar refractivity (Wildman–Crippen MR) is 152 cm³/mol. The molecule has 0 atom stereocenters. The van der Waals surface area contributed by atoms with Crippen molar-refractivity contribution >= 4 is 48.3 Å². The Balaban J connectivity index is 1.56. The zero-order chi connectivity index (χ0) is 26.9. The van der Waals surface area contributed by atoms with Crippen molar-refractivity contribution in [3.63, 3.8) is 0 Å². The van der Waals surface area contributed by atoms with Crippen LogP contribution in [-0.2, 0) is 16.6 Å². The molecule has 0 saturated heterocycles. The molecule has 0 aliphatic heterocycles. The second kappa shape index (κ2) is 10.4. The number of thiazole rings is 1. The second-order valence-corrected chi connectivity index (χ2v) is 11.8. The average Bonchev–Trinajstić information content (AvgIpc) is 3.30. The van der Waals surface area contributed by atoms with E-state index in [0.29, 0.717) is 5.13 Å². The molecule has 0 fully saturated rings. The molecular weight excluding hydrogens is 516 g/mol. The number of carbonyl (C=O) groups excluding carboxylic acids is 1. The molecule has 9 heteroatoms. The summed E-state index contributed by atoms with van der Waals surface area (Å²) in [6.45, 7) is 6.19. The van der Waals surface area contributed by atoms with Gasteiger partial charge in [-0.2, -0.15) is 0 Å². The number of anilines is 2. The Morgan fingerprint density at radius 1 is 0.947 bits per heavy atom. The lowest BCUT2D eigenvalue weighted by Gasteiger charge is -2.22. The molecule has 0 aliphatic rings. The molecule has 0 spiro atoms. The molecule has 5 aromatic rings. The number of sulfonamides is 1. The van der Waals surface area contributed by atoms with Crippen LogP contribution in [0.15, 0.2) is 90.1 Å². The van der Waals surface area contributed by atoms with Gasteiger partial charge in [-0.15, -0.1) is 0 Å². The number of fused-ring (bicyclic) bond motifs is 1. The fourth-order valence-electron chi connectivity index (χ4n) is 4.01. The van der Waals surface area contributed by atoms with Crippen LogP contribution in [-0.4, -0.2) is 24.3 Å². The van der Waals surface area contributed by atoms with Gasteiger partial charge < -0.3 is 0 Å². The smallest absolute Gasteiger partial charge is 0.262 e. The highest BCUT2D eigenvalue weighted by Crippen LogP contribution is 2.33. The van der Waals surface area contributed by atoms with Crippen molar-refractivity contribution < 1.29 is 13.2 Å². The summed E-state index contributed by atoms with van der Waals surface area (Å²) in [5.41, 5.74) is 5.27. The van der Waals surface area contributed by atoms with Crippen LogP contribution in [0, 0.1) is 20.8 Å². The van der Waals surface area contributed by atoms with Gasteiger partial charge in [0.1, 0.15) is 0 Å². The monoisotopic (exact) mass is 542 g/mol. The molecule has 1 amide bonds. The number of aromatic nitrogens is 2. The third kappa shape index (κ3) is 5.29. The Labute approximate surface area is 225 Å². The molecule has 0 aliphatic carbocycles. The van der Waals surface area contributed by atoms with Crippen molar-refractivity contribution in [1.29, 1.82) is 0 Å². The molecule has 3 aromatic carbocycles. The Hall–Kier alpha value is -4.08. The van der Waals surface area contributed by atoms with Gasteiger partial charge >= 0.3 is 0 Å². The first kappa shape index (κ1) is 25.6. The fraction of sp³-hybridized carbons (Fsp3) is 0.138. The van der Waals surface area contributed by atoms with Crippen LogP contribution < -0.4 is 9.62 Å². The summed E-state index contributed by atoms with van der Waals surface area (Å²) in [6.07, 6.45) is 3.38. The molecule has 0 saturated carbocycles. The first-order valence-electron chi connectivity index (χ1n) is 12.0. The van der Waals surface area contributed by atoms with Crippen molar-refractivity contribution in [1.82, 2.24) is 9.97 Å². The van der Waals surface area contributed by atoms with E-state index in [2.05, 4.69) is 15.8 Å². The van der Waals surface area contributed by atoms with Crippen molar-refractivity contribution in [2.24, 2.45) is 0 Å². The summed E-state index contributed by atoms with van der Waals surface area (Å²) >= 11 is 1.42. The van der Waals surface area contributed by atoms with Gasteiger partial charge in [-0.1, -0.05) is 47.2 Å². The van der Waals surface area contributed by atoms with Crippen molar-refractivity contribution in [2.75, 3.05) is 9.62 Å². The van der Waals surface area contributed by atoms with E-state index >= 15 is 0 Å². The van der Waals surface area contributed by atoms with Gasteiger partial charge in [0.25, 0.3) is 15.9 Å². The summed E-state index contributed by atoms with van der Waals surface area (Å²) in [4.78, 5) is 24.8. The van der Waals surface area contributed by atoms with Crippen LogP contribution in [0.2, 0.25) is 0 Å². The second-order valence-electron chi connectivity index (χ2n) is 9.12. The van der Waals surface area contributed by atoms with Gasteiger partial charge in [0.05, 0.1) is 32.9 Å². The van der Waals surface area contributed by atoms with E-state index in [1.165, 1.54) is 11.3 Å². The van der Waals surface area contributed by atoms with Gasteiger partial charge in [-0.05, 0) is 79.9 Å². The van der Waals surface area contributed by atoms with Gasteiger partial charge in [0.15, 0.2) is 5.13 Å². The third-order valence-electron chi connectivity index (χ3n) is 6.27. The van der Waals surface area contributed by atoms with E-state index in [4.69, 9.17) is 4.98 Å². The molecule has 5 rings (SSSR count). The third-order valence-corrected chi connectivity index (χ3v) is 8.69. The number of pyridine rings is 1. The molecule has 38 heavy (non-hydrogen) atoms. The quantitative estimate of drug-likeness (QED) is 0.262. The van der Waals surface area contributed by atoms with E-state index in [1.807, 2.05) is 39.0 Å². The molecule has 192 valence electrons. The fourth-order valence-corrected chi connectivity index (χ4v) is 6.13. The summed E-state index contributed by atoms with van der Waals surface area (Å²) in [7, 11) is -3.91. The topological polar surface area (TPSA) is 92.3 Å². The number of para-hydroxylation sites is 1. The van der Waals surface area contributed by atoms with Gasteiger partial charge in [-0.25, -0.2) is 13.4 Å². The summed E-state index contributed by atoms with van der Waals surface area (Å²) in [5.74, 6) is -0.372. The minimum absolute atomic E-state index is 0.120. The largest absolute Gasteiger partial charge is 0.279 e. The molecule has 2 aromatic heterocycles. The maximum atomic E-state index is 14.1. The van der Waals surface area contributed by atoms with E-state index < -0.39 is 10.0 Å². The highest BCUT2D eigenvalue weighted by atomic mass is 32.2. The molecule has 2 heterocycles. The van der Waals surface area contributed by atoms with Crippen LogP contribution in [0.4, 0.5) is 10.8 Å². The Bertz CT molecular complexity index is 1690. The SMILES string of the molecule is Cc1ccc(S(=O)(=O)Nc2ccccc2C(=O)N(Cc2cccnc2)c2nc3cc(C)c(C)cc3s2)cc1. The number of benzene rings is 3. The zero-order valence-corrected chi connectivity index (χ0v) is 22.8. The normalized spacial score (nSPS) is 11.4. The maximum Gasteiger partial charge on any atom is 0.262 e. The van der Waals surface area contributed by atoms with Gasteiger partial charge in [0, 0.05) is 12.4 Å². The summed E-state index contributed by atoms with van der Waals surface area (Å²) < 4.78 is 29.9. The van der Waals surface area contributed by atoms with E-state index in [1.54, 1.807) is 65.8 Å². The first-order valence-corrected chi connectivity index (χ1v) is 14.3. The highest BCUT2D eigenvalue weighted by molar-refractivity contribution is 7.92. The number of amides is 1. The Kier molecular flexibility index (Phi) is 6.96. The van der Waals surface area contributed by atoms with E-state index in [-0.39, 0.29) is 28.6 Å². The first-order chi connectivity index (χ1) is 18.2. The zero-order valence-electron chi connectivity index (χ0n) is 21.2. The van der Waals surface area contributed by atoms with Crippen LogP contribution in [0.1, 0.15) is 32.6 Å². The summed E-state index contributed by atoms with van der Waals surface area (Å²) in [6, 6.07) is 21.0. The lowest BCUT2D eigenvalue weighted by atomic mass is 10.1. The van der Waals surface area contributed by atoms with Crippen molar-refractivity contribution in [3.8, 4) is 0 Å². The average molecular weight is 543 g/mol.